The molecule has 2 N–H and O–H groups in total. The van der Waals surface area contributed by atoms with E-state index >= 15 is 0 Å². The number of rotatable bonds is 3. The first-order chi connectivity index (χ1) is 16.2. The van der Waals surface area contributed by atoms with E-state index < -0.39 is 23.9 Å². The van der Waals surface area contributed by atoms with E-state index in [-0.39, 0.29) is 17.5 Å². The lowest BCUT2D eigenvalue weighted by molar-refractivity contribution is -0.146. The summed E-state index contributed by atoms with van der Waals surface area (Å²) in [6.45, 7) is 1.20. The smallest absolute Gasteiger partial charge is 0.368 e. The van der Waals surface area contributed by atoms with Crippen LogP contribution in [-0.4, -0.2) is 55.7 Å². The van der Waals surface area contributed by atoms with Gasteiger partial charge in [0.15, 0.2) is 5.65 Å². The summed E-state index contributed by atoms with van der Waals surface area (Å²) in [4.78, 5) is 28.9. The number of alkyl halides is 3. The average molecular weight is 473 g/mol. The Balaban J connectivity index is 1.30. The lowest BCUT2D eigenvalue weighted by Gasteiger charge is -2.39. The van der Waals surface area contributed by atoms with Gasteiger partial charge in [-0.15, -0.1) is 15.3 Å². The normalized spacial score (nSPS) is 19.3. The number of anilines is 1. The maximum Gasteiger partial charge on any atom is 0.453 e. The van der Waals surface area contributed by atoms with Crippen LogP contribution in [-0.2, 0) is 28.7 Å². The molecular formula is C22H22F3N7O2. The number of aromatic nitrogens is 4. The zero-order valence-electron chi connectivity index (χ0n) is 18.1. The van der Waals surface area contributed by atoms with Crippen LogP contribution >= 0.6 is 0 Å². The van der Waals surface area contributed by atoms with Crippen LogP contribution in [0, 0.1) is 5.92 Å². The first kappa shape index (κ1) is 22.1. The Hall–Kier alpha value is -3.70. The Morgan fingerprint density at radius 1 is 1.00 bits per heavy atom. The van der Waals surface area contributed by atoms with Crippen molar-refractivity contribution in [3.63, 3.8) is 0 Å². The van der Waals surface area contributed by atoms with Gasteiger partial charge in [-0.1, -0.05) is 24.3 Å². The van der Waals surface area contributed by atoms with Gasteiger partial charge in [-0.3, -0.25) is 9.59 Å². The van der Waals surface area contributed by atoms with Crippen molar-refractivity contribution in [2.45, 2.75) is 38.0 Å². The summed E-state index contributed by atoms with van der Waals surface area (Å²) >= 11 is 0. The summed E-state index contributed by atoms with van der Waals surface area (Å²) in [5.41, 5.74) is 7.63. The second-order valence-electron chi connectivity index (χ2n) is 8.60. The van der Waals surface area contributed by atoms with Gasteiger partial charge in [-0.05, 0) is 36.1 Å². The molecule has 0 saturated carbocycles. The van der Waals surface area contributed by atoms with Crippen molar-refractivity contribution >= 4 is 23.3 Å². The van der Waals surface area contributed by atoms with E-state index in [1.807, 2.05) is 29.2 Å². The van der Waals surface area contributed by atoms with Crippen molar-refractivity contribution in [2.75, 3.05) is 18.0 Å². The van der Waals surface area contributed by atoms with E-state index in [2.05, 4.69) is 15.3 Å². The third kappa shape index (κ3) is 3.93. The second kappa shape index (κ2) is 8.26. The van der Waals surface area contributed by atoms with Gasteiger partial charge in [0.05, 0.1) is 0 Å². The minimum absolute atomic E-state index is 0.00371. The minimum atomic E-state index is -4.67. The molecule has 1 atom stereocenters. The van der Waals surface area contributed by atoms with Crippen LogP contribution in [0.5, 0.6) is 0 Å². The van der Waals surface area contributed by atoms with Crippen molar-refractivity contribution in [1.29, 1.82) is 0 Å². The fraction of sp³-hybridized carbons (Fsp3) is 0.409. The summed E-state index contributed by atoms with van der Waals surface area (Å²) in [7, 11) is 0. The Morgan fingerprint density at radius 3 is 2.38 bits per heavy atom. The van der Waals surface area contributed by atoms with Crippen LogP contribution < -0.4 is 10.6 Å². The van der Waals surface area contributed by atoms with E-state index in [1.54, 1.807) is 11.0 Å². The standard InChI is InChI=1S/C22H22F3N7O2/c23-22(24,25)21-28-27-17-5-6-18(29-32(17)21)30-9-7-13(8-10-30)20(34)31-12-15-4-2-1-3-14(15)11-16(31)19(26)33/h1-6,13,16H,7-12H2,(H2,26,33)/t16-/m1/s1. The molecule has 2 aliphatic heterocycles. The Morgan fingerprint density at radius 2 is 1.71 bits per heavy atom. The molecule has 12 heteroatoms. The molecule has 2 amide bonds. The number of benzene rings is 1. The molecule has 0 aliphatic carbocycles. The maximum atomic E-state index is 13.4. The highest BCUT2D eigenvalue weighted by atomic mass is 19.4. The molecule has 1 aromatic carbocycles. The molecule has 2 aliphatic rings. The van der Waals surface area contributed by atoms with E-state index in [0.29, 0.717) is 49.2 Å². The molecule has 0 radical (unpaired) electrons. The van der Waals surface area contributed by atoms with E-state index in [1.165, 1.54) is 6.07 Å². The molecule has 0 unspecified atom stereocenters. The van der Waals surface area contributed by atoms with Crippen molar-refractivity contribution in [2.24, 2.45) is 11.7 Å². The van der Waals surface area contributed by atoms with Crippen molar-refractivity contribution in [3.8, 4) is 0 Å². The SMILES string of the molecule is NC(=O)[C@H]1Cc2ccccc2CN1C(=O)C1CCN(c2ccc3nnc(C(F)(F)F)n3n2)CC1. The number of nitrogens with zero attached hydrogens (tertiary/aromatic N) is 6. The monoisotopic (exact) mass is 473 g/mol. The van der Waals surface area contributed by atoms with Gasteiger partial charge in [-0.25, -0.2) is 0 Å². The number of carbonyl (C=O) groups excluding carboxylic acids is 2. The van der Waals surface area contributed by atoms with Gasteiger partial charge in [-0.2, -0.15) is 17.7 Å². The quantitative estimate of drug-likeness (QED) is 0.621. The van der Waals surface area contributed by atoms with Crippen molar-refractivity contribution < 1.29 is 22.8 Å². The summed E-state index contributed by atoms with van der Waals surface area (Å²) in [5, 5.41) is 10.8. The predicted octanol–water partition coefficient (Wildman–Crippen LogP) is 1.80. The molecule has 2 aromatic heterocycles. The largest absolute Gasteiger partial charge is 0.453 e. The summed E-state index contributed by atoms with van der Waals surface area (Å²) in [6.07, 6.45) is -3.32. The second-order valence-corrected chi connectivity index (χ2v) is 8.60. The number of halogens is 3. The Labute approximate surface area is 192 Å². The van der Waals surface area contributed by atoms with Gasteiger partial charge in [0.25, 0.3) is 5.82 Å². The van der Waals surface area contributed by atoms with Crippen LogP contribution in [0.4, 0.5) is 19.0 Å². The third-order valence-electron chi connectivity index (χ3n) is 6.53. The number of amides is 2. The zero-order chi connectivity index (χ0) is 24.0. The molecule has 3 aromatic rings. The maximum absolute atomic E-state index is 13.4. The molecule has 34 heavy (non-hydrogen) atoms. The van der Waals surface area contributed by atoms with Crippen molar-refractivity contribution in [1.82, 2.24) is 24.7 Å². The lowest BCUT2D eigenvalue weighted by atomic mass is 9.89. The highest BCUT2D eigenvalue weighted by molar-refractivity contribution is 5.88. The van der Waals surface area contributed by atoms with Gasteiger partial charge < -0.3 is 15.5 Å². The van der Waals surface area contributed by atoms with E-state index in [4.69, 9.17) is 5.73 Å². The molecule has 9 nitrogen and oxygen atoms in total. The fourth-order valence-corrected chi connectivity index (χ4v) is 4.72. The molecule has 1 saturated heterocycles. The highest BCUT2D eigenvalue weighted by Crippen LogP contribution is 2.30. The third-order valence-corrected chi connectivity index (χ3v) is 6.53. The van der Waals surface area contributed by atoms with Crippen LogP contribution in [0.2, 0.25) is 0 Å². The number of piperidine rings is 1. The molecule has 4 heterocycles. The van der Waals surface area contributed by atoms with E-state index in [0.717, 1.165) is 11.1 Å². The predicted molar refractivity (Wildman–Crippen MR) is 114 cm³/mol. The van der Waals surface area contributed by atoms with Crippen LogP contribution in [0.15, 0.2) is 36.4 Å². The minimum Gasteiger partial charge on any atom is -0.368 e. The molecule has 178 valence electrons. The molecular weight excluding hydrogens is 451 g/mol. The summed E-state index contributed by atoms with van der Waals surface area (Å²) in [5.74, 6) is -1.80. The number of nitrogens with two attached hydrogens (primary N) is 1. The van der Waals surface area contributed by atoms with Gasteiger partial charge in [0.2, 0.25) is 11.8 Å². The number of hydrogen-bond acceptors (Lipinski definition) is 6. The average Bonchev–Trinajstić information content (AvgIpc) is 3.27. The van der Waals surface area contributed by atoms with Crippen molar-refractivity contribution in [3.05, 3.63) is 53.3 Å². The summed E-state index contributed by atoms with van der Waals surface area (Å²) in [6, 6.07) is 10.0. The van der Waals surface area contributed by atoms with Crippen LogP contribution in [0.25, 0.3) is 5.65 Å². The van der Waals surface area contributed by atoms with Crippen LogP contribution in [0.1, 0.15) is 29.8 Å². The van der Waals surface area contributed by atoms with Gasteiger partial charge >= 0.3 is 6.18 Å². The first-order valence-corrected chi connectivity index (χ1v) is 10.9. The Bertz CT molecular complexity index is 1250. The molecule has 0 bridgehead atoms. The topological polar surface area (TPSA) is 110 Å². The number of hydrogen-bond donors (Lipinski definition) is 1. The number of carbonyl (C=O) groups is 2. The first-order valence-electron chi connectivity index (χ1n) is 10.9. The summed E-state index contributed by atoms with van der Waals surface area (Å²) < 4.78 is 40.2. The Kier molecular flexibility index (Phi) is 5.37. The molecule has 0 spiro atoms. The molecule has 5 rings (SSSR count). The van der Waals surface area contributed by atoms with Gasteiger partial charge in [0.1, 0.15) is 11.9 Å². The number of fused-ring (bicyclic) bond motifs is 2. The van der Waals surface area contributed by atoms with Gasteiger partial charge in [0, 0.05) is 32.0 Å². The lowest BCUT2D eigenvalue weighted by Crippen LogP contribution is -2.54. The molecule has 1 fully saturated rings. The van der Waals surface area contributed by atoms with E-state index in [9.17, 15) is 22.8 Å². The highest BCUT2D eigenvalue weighted by Gasteiger charge is 2.39. The number of primary amides is 1. The fourth-order valence-electron chi connectivity index (χ4n) is 4.72. The zero-order valence-corrected chi connectivity index (χ0v) is 18.1. The van der Waals surface area contributed by atoms with Crippen LogP contribution in [0.3, 0.4) is 0 Å².